The van der Waals surface area contributed by atoms with E-state index in [9.17, 15) is 9.59 Å². The Kier molecular flexibility index (Phi) is 12.6. The van der Waals surface area contributed by atoms with Gasteiger partial charge >= 0.3 is 11.9 Å². The first kappa shape index (κ1) is 33.3. The largest absolute Gasteiger partial charge is 0.465 e. The SMILES string of the molecule is CCCC(=O)OC[C@]1(COC(=O)/C=C(C)/C=C/C=C(C)/C=C/C2=C(C)CCCC2(C)C)CO[C@H](c2ccccc2)OC1. The molecule has 1 aliphatic carbocycles. The molecule has 0 aromatic heterocycles. The second-order valence-corrected chi connectivity index (χ2v) is 12.3. The lowest BCUT2D eigenvalue weighted by Gasteiger charge is -2.38. The maximum Gasteiger partial charge on any atom is 0.331 e. The minimum absolute atomic E-state index is 0.00959. The molecule has 0 amide bonds. The summed E-state index contributed by atoms with van der Waals surface area (Å²) in [5.41, 5.74) is 5.15. The molecule has 6 nitrogen and oxygen atoms in total. The fourth-order valence-electron chi connectivity index (χ4n) is 5.25. The van der Waals surface area contributed by atoms with Gasteiger partial charge in [0.25, 0.3) is 0 Å². The first-order valence-electron chi connectivity index (χ1n) is 15.1. The Bertz CT molecular complexity index is 1210. The van der Waals surface area contributed by atoms with Crippen molar-refractivity contribution in [2.24, 2.45) is 10.8 Å². The zero-order valence-electron chi connectivity index (χ0n) is 26.2. The molecule has 1 fully saturated rings. The number of hydrogen-bond acceptors (Lipinski definition) is 6. The van der Waals surface area contributed by atoms with Crippen molar-refractivity contribution in [3.63, 3.8) is 0 Å². The summed E-state index contributed by atoms with van der Waals surface area (Å²) in [5, 5.41) is 0. The van der Waals surface area contributed by atoms with E-state index in [1.54, 1.807) is 0 Å². The molecule has 6 heteroatoms. The van der Waals surface area contributed by atoms with E-state index in [2.05, 4.69) is 39.8 Å². The number of allylic oxidation sites excluding steroid dienone is 9. The van der Waals surface area contributed by atoms with E-state index in [1.165, 1.54) is 36.5 Å². The summed E-state index contributed by atoms with van der Waals surface area (Å²) < 4.78 is 23.1. The van der Waals surface area contributed by atoms with Crippen LogP contribution in [0.15, 0.2) is 89.1 Å². The van der Waals surface area contributed by atoms with Crippen LogP contribution in [0, 0.1) is 10.8 Å². The molecule has 1 saturated heterocycles. The Balaban J connectivity index is 1.57. The molecule has 0 spiro atoms. The molecule has 1 heterocycles. The van der Waals surface area contributed by atoms with Crippen molar-refractivity contribution in [1.82, 2.24) is 0 Å². The van der Waals surface area contributed by atoms with Gasteiger partial charge in [-0.25, -0.2) is 4.79 Å². The van der Waals surface area contributed by atoms with Gasteiger partial charge < -0.3 is 18.9 Å². The highest BCUT2D eigenvalue weighted by Gasteiger charge is 2.40. The minimum Gasteiger partial charge on any atom is -0.465 e. The fourth-order valence-corrected chi connectivity index (χ4v) is 5.25. The number of hydrogen-bond donors (Lipinski definition) is 0. The van der Waals surface area contributed by atoms with E-state index in [0.29, 0.717) is 12.8 Å². The monoisotopic (exact) mass is 576 g/mol. The second-order valence-electron chi connectivity index (χ2n) is 12.3. The van der Waals surface area contributed by atoms with E-state index in [1.807, 2.05) is 62.4 Å². The van der Waals surface area contributed by atoms with Crippen LogP contribution >= 0.6 is 0 Å². The predicted octanol–water partition coefficient (Wildman–Crippen LogP) is 8.14. The van der Waals surface area contributed by atoms with Crippen molar-refractivity contribution in [2.45, 2.75) is 79.9 Å². The number of ether oxygens (including phenoxy) is 4. The van der Waals surface area contributed by atoms with Gasteiger partial charge in [0.05, 0.1) is 18.6 Å². The van der Waals surface area contributed by atoms with Crippen molar-refractivity contribution >= 4 is 11.9 Å². The van der Waals surface area contributed by atoms with E-state index in [-0.39, 0.29) is 37.8 Å². The first-order chi connectivity index (χ1) is 20.0. The number of esters is 2. The predicted molar refractivity (Wildman–Crippen MR) is 166 cm³/mol. The zero-order valence-corrected chi connectivity index (χ0v) is 26.2. The molecule has 2 aliphatic rings. The molecule has 42 heavy (non-hydrogen) atoms. The van der Waals surface area contributed by atoms with Gasteiger partial charge in [-0.3, -0.25) is 4.79 Å². The molecule has 1 aliphatic heterocycles. The van der Waals surface area contributed by atoms with Gasteiger partial charge in [-0.1, -0.05) is 92.6 Å². The summed E-state index contributed by atoms with van der Waals surface area (Å²) in [7, 11) is 0. The zero-order chi connectivity index (χ0) is 30.6. The van der Waals surface area contributed by atoms with E-state index < -0.39 is 17.7 Å². The highest BCUT2D eigenvalue weighted by molar-refractivity contribution is 5.83. The molecule has 0 radical (unpaired) electrons. The van der Waals surface area contributed by atoms with Crippen molar-refractivity contribution in [2.75, 3.05) is 26.4 Å². The third-order valence-electron chi connectivity index (χ3n) is 7.79. The Morgan fingerprint density at radius 2 is 1.69 bits per heavy atom. The van der Waals surface area contributed by atoms with E-state index >= 15 is 0 Å². The molecule has 3 rings (SSSR count). The normalized spacial score (nSPS) is 23.4. The van der Waals surface area contributed by atoms with Gasteiger partial charge in [-0.2, -0.15) is 0 Å². The van der Waals surface area contributed by atoms with Crippen molar-refractivity contribution < 1.29 is 28.5 Å². The second kappa shape index (κ2) is 15.9. The number of carbonyl (C=O) groups excluding carboxylic acids is 2. The highest BCUT2D eigenvalue weighted by atomic mass is 16.7. The molecule has 0 unspecified atom stereocenters. The van der Waals surface area contributed by atoms with Crippen LogP contribution in [0.2, 0.25) is 0 Å². The topological polar surface area (TPSA) is 71.1 Å². The third kappa shape index (κ3) is 10.2. The molecule has 0 N–H and O–H groups in total. The van der Waals surface area contributed by atoms with Crippen LogP contribution < -0.4 is 0 Å². The summed E-state index contributed by atoms with van der Waals surface area (Å²) >= 11 is 0. The lowest BCUT2D eigenvalue weighted by atomic mass is 9.72. The molecule has 0 bridgehead atoms. The Morgan fingerprint density at radius 1 is 1.00 bits per heavy atom. The quantitative estimate of drug-likeness (QED) is 0.142. The van der Waals surface area contributed by atoms with Gasteiger partial charge in [0.2, 0.25) is 0 Å². The summed E-state index contributed by atoms with van der Waals surface area (Å²) in [6.07, 6.45) is 15.9. The van der Waals surface area contributed by atoms with Crippen molar-refractivity contribution in [1.29, 1.82) is 0 Å². The van der Waals surface area contributed by atoms with Crippen LogP contribution in [-0.2, 0) is 28.5 Å². The summed E-state index contributed by atoms with van der Waals surface area (Å²) in [4.78, 5) is 24.7. The maximum atomic E-state index is 12.7. The van der Waals surface area contributed by atoms with Gasteiger partial charge in [-0.05, 0) is 63.0 Å². The maximum absolute atomic E-state index is 12.7. The van der Waals surface area contributed by atoms with Crippen LogP contribution in [0.5, 0.6) is 0 Å². The van der Waals surface area contributed by atoms with Crippen LogP contribution in [0.3, 0.4) is 0 Å². The molecular weight excluding hydrogens is 528 g/mol. The van der Waals surface area contributed by atoms with Crippen molar-refractivity contribution in [3.05, 3.63) is 94.6 Å². The van der Waals surface area contributed by atoms with Crippen LogP contribution in [0.25, 0.3) is 0 Å². The molecule has 1 aromatic carbocycles. The standard InChI is InChI=1S/C36H48O6/c1-7-13-32(37)39-23-36(25-41-34(42-26-36)30-17-9-8-10-18-30)24-40-33(38)22-28(3)15-11-14-27(2)19-20-31-29(4)16-12-21-35(31,5)6/h8-11,14-15,17-20,22,34H,7,12-13,16,21,23-26H2,1-6H3/b15-11+,20-19+,27-14+,28-22+/t34-,36-. The summed E-state index contributed by atoms with van der Waals surface area (Å²) in [6, 6.07) is 9.64. The van der Waals surface area contributed by atoms with Gasteiger partial charge in [0.15, 0.2) is 6.29 Å². The molecule has 0 atom stereocenters. The molecule has 0 saturated carbocycles. The third-order valence-corrected chi connectivity index (χ3v) is 7.79. The van der Waals surface area contributed by atoms with Crippen molar-refractivity contribution in [3.8, 4) is 0 Å². The smallest absolute Gasteiger partial charge is 0.331 e. The molecule has 1 aromatic rings. The average molecular weight is 577 g/mol. The first-order valence-corrected chi connectivity index (χ1v) is 15.1. The van der Waals surface area contributed by atoms with Crippen LogP contribution in [0.4, 0.5) is 0 Å². The molecule has 228 valence electrons. The number of benzene rings is 1. The van der Waals surface area contributed by atoms with E-state index in [4.69, 9.17) is 18.9 Å². The fraction of sp³-hybridized carbons (Fsp3) is 0.500. The highest BCUT2D eigenvalue weighted by Crippen LogP contribution is 2.40. The Morgan fingerprint density at radius 3 is 2.36 bits per heavy atom. The Labute approximate surface area is 252 Å². The Hall–Kier alpha value is -3.22. The van der Waals surface area contributed by atoms with E-state index in [0.717, 1.165) is 16.7 Å². The van der Waals surface area contributed by atoms with Gasteiger partial charge in [0.1, 0.15) is 13.2 Å². The number of carbonyl (C=O) groups is 2. The van der Waals surface area contributed by atoms with Crippen LogP contribution in [0.1, 0.15) is 85.5 Å². The summed E-state index contributed by atoms with van der Waals surface area (Å²) in [6.45, 7) is 13.2. The lowest BCUT2D eigenvalue weighted by molar-refractivity contribution is -0.251. The van der Waals surface area contributed by atoms with Gasteiger partial charge in [0, 0.05) is 18.1 Å². The molecular formula is C36H48O6. The average Bonchev–Trinajstić information content (AvgIpc) is 2.95. The number of rotatable bonds is 12. The van der Waals surface area contributed by atoms with Gasteiger partial charge in [-0.15, -0.1) is 0 Å². The summed E-state index contributed by atoms with van der Waals surface area (Å²) in [5.74, 6) is -0.758. The van der Waals surface area contributed by atoms with Crippen LogP contribution in [-0.4, -0.2) is 38.4 Å². The minimum atomic E-state index is -0.783. The lowest BCUT2D eigenvalue weighted by Crippen LogP contribution is -2.46.